The van der Waals surface area contributed by atoms with Gasteiger partial charge >= 0.3 is 5.69 Å². The number of benzene rings is 2. The zero-order valence-corrected chi connectivity index (χ0v) is 19.0. The average molecular weight is 474 g/mol. The molecule has 1 amide bonds. The Hall–Kier alpha value is -3.43. The van der Waals surface area contributed by atoms with Crippen molar-refractivity contribution in [2.75, 3.05) is 26.2 Å². The molecule has 0 spiro atoms. The van der Waals surface area contributed by atoms with Crippen LogP contribution in [-0.2, 0) is 9.59 Å². The highest BCUT2D eigenvalue weighted by Gasteiger charge is 2.46. The molecule has 2 aromatic carbocycles. The summed E-state index contributed by atoms with van der Waals surface area (Å²) in [4.78, 5) is 40.0. The standard InChI is InChI=1S/C23H24ClN3O6/c1-3-25(4-2)11-12-26-20(15-7-10-18(28)17(13-15)27(32)33)19(22(30)23(26)31)21(29)14-5-8-16(24)9-6-14/h5-10,13,20,28-29H,3-4,11-12H2,1-2H3/b21-19-. The molecule has 1 aliphatic rings. The van der Waals surface area contributed by atoms with E-state index >= 15 is 0 Å². The fraction of sp³-hybridized carbons (Fsp3) is 0.304. The van der Waals surface area contributed by atoms with Crippen LogP contribution in [0.2, 0.25) is 5.02 Å². The Bertz CT molecular complexity index is 1110. The molecule has 0 radical (unpaired) electrons. The number of likely N-dealkylation sites (N-methyl/N-ethyl adjacent to an activating group) is 1. The van der Waals surface area contributed by atoms with Crippen molar-refractivity contribution in [3.8, 4) is 5.75 Å². The van der Waals surface area contributed by atoms with Crippen LogP contribution >= 0.6 is 11.6 Å². The maximum atomic E-state index is 13.0. The third kappa shape index (κ3) is 4.84. The molecule has 0 aliphatic carbocycles. The van der Waals surface area contributed by atoms with E-state index in [1.807, 2.05) is 13.8 Å². The number of hydrogen-bond acceptors (Lipinski definition) is 7. The van der Waals surface area contributed by atoms with Crippen molar-refractivity contribution in [3.05, 3.63) is 74.3 Å². The molecule has 1 atom stereocenters. The van der Waals surface area contributed by atoms with Gasteiger partial charge in [0.15, 0.2) is 5.75 Å². The first kappa shape index (κ1) is 24.2. The monoisotopic (exact) mass is 473 g/mol. The first-order valence-electron chi connectivity index (χ1n) is 10.4. The molecule has 174 valence electrons. The maximum absolute atomic E-state index is 13.0. The lowest BCUT2D eigenvalue weighted by atomic mass is 9.95. The first-order valence-corrected chi connectivity index (χ1v) is 10.8. The van der Waals surface area contributed by atoms with E-state index < -0.39 is 39.9 Å². The normalized spacial score (nSPS) is 17.7. The summed E-state index contributed by atoms with van der Waals surface area (Å²) in [5.41, 5.74) is -0.233. The first-order chi connectivity index (χ1) is 15.7. The lowest BCUT2D eigenvalue weighted by molar-refractivity contribution is -0.385. The number of aliphatic hydroxyl groups is 1. The molecule has 33 heavy (non-hydrogen) atoms. The predicted octanol–water partition coefficient (Wildman–Crippen LogP) is 3.72. The fourth-order valence-electron chi connectivity index (χ4n) is 3.87. The molecule has 9 nitrogen and oxygen atoms in total. The number of nitro benzene ring substituents is 1. The molecule has 0 aromatic heterocycles. The lowest BCUT2D eigenvalue weighted by Gasteiger charge is -2.28. The number of likely N-dealkylation sites (tertiary alicyclic amines) is 1. The number of nitro groups is 1. The number of aliphatic hydroxyl groups excluding tert-OH is 1. The Morgan fingerprint density at radius 1 is 1.15 bits per heavy atom. The molecule has 1 fully saturated rings. The van der Waals surface area contributed by atoms with Gasteiger partial charge in [-0.05, 0) is 49.0 Å². The van der Waals surface area contributed by atoms with Crippen LogP contribution in [0, 0.1) is 10.1 Å². The van der Waals surface area contributed by atoms with Crippen LogP contribution < -0.4 is 0 Å². The quantitative estimate of drug-likeness (QED) is 0.197. The number of amides is 1. The van der Waals surface area contributed by atoms with Crippen molar-refractivity contribution < 1.29 is 24.7 Å². The van der Waals surface area contributed by atoms with Gasteiger partial charge in [-0.3, -0.25) is 19.7 Å². The number of carbonyl (C=O) groups is 2. The number of phenolic OH excluding ortho intramolecular Hbond substituents is 1. The number of aromatic hydroxyl groups is 1. The van der Waals surface area contributed by atoms with Crippen LogP contribution in [0.1, 0.15) is 31.0 Å². The molecule has 3 rings (SSSR count). The minimum atomic E-state index is -1.06. The smallest absolute Gasteiger partial charge is 0.311 e. The summed E-state index contributed by atoms with van der Waals surface area (Å²) in [7, 11) is 0. The number of Topliss-reactive ketones (excluding diaryl/α,β-unsaturated/α-hetero) is 1. The Kier molecular flexibility index (Phi) is 7.35. The third-order valence-electron chi connectivity index (χ3n) is 5.72. The van der Waals surface area contributed by atoms with Crippen molar-refractivity contribution in [2.24, 2.45) is 0 Å². The summed E-state index contributed by atoms with van der Waals surface area (Å²) in [5, 5.41) is 32.7. The number of nitrogens with zero attached hydrogens (tertiary/aromatic N) is 3. The Balaban J connectivity index is 2.16. The SMILES string of the molecule is CCN(CC)CCN1C(=O)C(=O)/C(=C(\O)c2ccc(Cl)cc2)C1c1ccc(O)c([N+](=O)[O-])c1. The topological polar surface area (TPSA) is 124 Å². The summed E-state index contributed by atoms with van der Waals surface area (Å²) in [6, 6.07) is 8.69. The minimum Gasteiger partial charge on any atom is -0.507 e. The highest BCUT2D eigenvalue weighted by molar-refractivity contribution is 6.46. The number of ketones is 1. The van der Waals surface area contributed by atoms with Crippen molar-refractivity contribution in [2.45, 2.75) is 19.9 Å². The summed E-state index contributed by atoms with van der Waals surface area (Å²) in [6.45, 7) is 6.06. The van der Waals surface area contributed by atoms with E-state index in [4.69, 9.17) is 11.6 Å². The molecule has 1 unspecified atom stereocenters. The van der Waals surface area contributed by atoms with E-state index in [2.05, 4.69) is 4.90 Å². The van der Waals surface area contributed by atoms with Crippen LogP contribution in [0.4, 0.5) is 5.69 Å². The van der Waals surface area contributed by atoms with Crippen LogP contribution in [0.15, 0.2) is 48.0 Å². The van der Waals surface area contributed by atoms with Gasteiger partial charge in [-0.15, -0.1) is 0 Å². The zero-order valence-electron chi connectivity index (χ0n) is 18.2. The molecule has 1 aliphatic heterocycles. The van der Waals surface area contributed by atoms with Crippen LogP contribution in [-0.4, -0.2) is 62.8 Å². The number of hydrogen-bond donors (Lipinski definition) is 2. The molecule has 1 heterocycles. The van der Waals surface area contributed by atoms with Crippen LogP contribution in [0.3, 0.4) is 0 Å². The Morgan fingerprint density at radius 3 is 2.36 bits per heavy atom. The third-order valence-corrected chi connectivity index (χ3v) is 5.97. The molecular formula is C23H24ClN3O6. The van der Waals surface area contributed by atoms with Gasteiger partial charge in [0.05, 0.1) is 16.5 Å². The van der Waals surface area contributed by atoms with Gasteiger partial charge in [-0.25, -0.2) is 0 Å². The second-order valence-corrected chi connectivity index (χ2v) is 7.97. The fourth-order valence-corrected chi connectivity index (χ4v) is 3.99. The molecular weight excluding hydrogens is 450 g/mol. The summed E-state index contributed by atoms with van der Waals surface area (Å²) in [5.74, 6) is -2.64. The maximum Gasteiger partial charge on any atom is 0.311 e. The number of carbonyl (C=O) groups excluding carboxylic acids is 2. The van der Waals surface area contributed by atoms with Gasteiger partial charge in [0.2, 0.25) is 0 Å². The summed E-state index contributed by atoms with van der Waals surface area (Å²) in [6.07, 6.45) is 0. The molecule has 10 heteroatoms. The minimum absolute atomic E-state index is 0.170. The molecule has 1 saturated heterocycles. The number of halogens is 1. The van der Waals surface area contributed by atoms with Gasteiger partial charge in [0.1, 0.15) is 5.76 Å². The van der Waals surface area contributed by atoms with Crippen molar-refractivity contribution in [1.29, 1.82) is 0 Å². The van der Waals surface area contributed by atoms with E-state index in [1.54, 1.807) is 0 Å². The highest BCUT2D eigenvalue weighted by Crippen LogP contribution is 2.41. The van der Waals surface area contributed by atoms with Gasteiger partial charge in [0, 0.05) is 29.7 Å². The lowest BCUT2D eigenvalue weighted by Crippen LogP contribution is -2.38. The molecule has 2 aromatic rings. The van der Waals surface area contributed by atoms with Crippen molar-refractivity contribution in [1.82, 2.24) is 9.80 Å². The Morgan fingerprint density at radius 2 is 1.79 bits per heavy atom. The van der Waals surface area contributed by atoms with Crippen LogP contribution in [0.25, 0.3) is 5.76 Å². The van der Waals surface area contributed by atoms with Crippen molar-refractivity contribution in [3.63, 3.8) is 0 Å². The Labute approximate surface area is 195 Å². The molecule has 0 bridgehead atoms. The second kappa shape index (κ2) is 10.0. The van der Waals surface area contributed by atoms with E-state index in [0.29, 0.717) is 11.6 Å². The van der Waals surface area contributed by atoms with Crippen molar-refractivity contribution >= 4 is 34.7 Å². The van der Waals surface area contributed by atoms with Crippen LogP contribution in [0.5, 0.6) is 5.75 Å². The second-order valence-electron chi connectivity index (χ2n) is 7.53. The molecule has 2 N–H and O–H groups in total. The predicted molar refractivity (Wildman–Crippen MR) is 123 cm³/mol. The van der Waals surface area contributed by atoms with E-state index in [-0.39, 0.29) is 23.2 Å². The van der Waals surface area contributed by atoms with Gasteiger partial charge < -0.3 is 20.0 Å². The van der Waals surface area contributed by atoms with E-state index in [1.165, 1.54) is 35.2 Å². The van der Waals surface area contributed by atoms with E-state index in [0.717, 1.165) is 25.2 Å². The summed E-state index contributed by atoms with van der Waals surface area (Å²) >= 11 is 5.92. The van der Waals surface area contributed by atoms with E-state index in [9.17, 15) is 29.9 Å². The average Bonchev–Trinajstić information content (AvgIpc) is 3.05. The van der Waals surface area contributed by atoms with Gasteiger partial charge in [-0.1, -0.05) is 31.5 Å². The molecule has 0 saturated carbocycles. The van der Waals surface area contributed by atoms with Gasteiger partial charge in [0.25, 0.3) is 11.7 Å². The summed E-state index contributed by atoms with van der Waals surface area (Å²) < 4.78 is 0. The highest BCUT2D eigenvalue weighted by atomic mass is 35.5. The largest absolute Gasteiger partial charge is 0.507 e. The zero-order chi connectivity index (χ0) is 24.3. The number of phenols is 1. The van der Waals surface area contributed by atoms with Gasteiger partial charge in [-0.2, -0.15) is 0 Å². The number of rotatable bonds is 8.